The topological polar surface area (TPSA) is 137 Å². The number of nitrogens with zero attached hydrogens (tertiary/aromatic N) is 1. The van der Waals surface area contributed by atoms with Crippen molar-refractivity contribution >= 4 is 29.2 Å². The maximum Gasteiger partial charge on any atom is 0.329 e. The van der Waals surface area contributed by atoms with Crippen LogP contribution < -0.4 is 15.4 Å². The first-order valence-corrected chi connectivity index (χ1v) is 8.92. The fourth-order valence-corrected chi connectivity index (χ4v) is 2.35. The Morgan fingerprint density at radius 3 is 2.33 bits per heavy atom. The van der Waals surface area contributed by atoms with E-state index < -0.39 is 34.9 Å². The number of carbonyl (C=O) groups excluding carboxylic acids is 3. The summed E-state index contributed by atoms with van der Waals surface area (Å²) in [5.41, 5.74) is 0.270. The first-order valence-electron chi connectivity index (χ1n) is 8.92. The lowest BCUT2D eigenvalue weighted by atomic mass is 10.2. The molecule has 0 aliphatic heterocycles. The Morgan fingerprint density at radius 1 is 1.07 bits per heavy atom. The van der Waals surface area contributed by atoms with Crippen LogP contribution in [0.2, 0.25) is 0 Å². The molecule has 2 atom stereocenters. The number of anilines is 1. The summed E-state index contributed by atoms with van der Waals surface area (Å²) in [6.07, 6.45) is -1.11. The average molecular weight is 415 g/mol. The number of hydrogen-bond donors (Lipinski definition) is 2. The summed E-state index contributed by atoms with van der Waals surface area (Å²) in [6.45, 7) is 2.78. The first-order chi connectivity index (χ1) is 14.2. The number of non-ortho nitro benzene ring substituents is 1. The quantitative estimate of drug-likeness (QED) is 0.383. The van der Waals surface area contributed by atoms with Gasteiger partial charge < -0.3 is 20.1 Å². The third-order valence-electron chi connectivity index (χ3n) is 4.04. The summed E-state index contributed by atoms with van der Waals surface area (Å²) in [5.74, 6) is -1.43. The van der Waals surface area contributed by atoms with Crippen molar-refractivity contribution < 1.29 is 28.8 Å². The summed E-state index contributed by atoms with van der Waals surface area (Å²) >= 11 is 0. The van der Waals surface area contributed by atoms with E-state index in [0.717, 1.165) is 6.07 Å². The van der Waals surface area contributed by atoms with Gasteiger partial charge in [0.05, 0.1) is 12.0 Å². The van der Waals surface area contributed by atoms with Crippen LogP contribution in [0.3, 0.4) is 0 Å². The Kier molecular flexibility index (Phi) is 7.45. The van der Waals surface area contributed by atoms with E-state index in [1.54, 1.807) is 24.3 Å². The zero-order valence-electron chi connectivity index (χ0n) is 16.6. The summed E-state index contributed by atoms with van der Waals surface area (Å²) in [4.78, 5) is 46.8. The molecule has 0 aliphatic carbocycles. The number of benzene rings is 2. The average Bonchev–Trinajstić information content (AvgIpc) is 2.74. The number of nitrogens with one attached hydrogen (secondary N) is 2. The molecule has 0 aromatic heterocycles. The van der Waals surface area contributed by atoms with Gasteiger partial charge in [-0.3, -0.25) is 19.7 Å². The molecule has 2 N–H and O–H groups in total. The van der Waals surface area contributed by atoms with Gasteiger partial charge in [0.2, 0.25) is 0 Å². The van der Waals surface area contributed by atoms with E-state index >= 15 is 0 Å². The number of nitro benzene ring substituents is 1. The number of rotatable bonds is 8. The van der Waals surface area contributed by atoms with Crippen LogP contribution in [0.25, 0.3) is 0 Å². The maximum absolute atomic E-state index is 12.2. The summed E-state index contributed by atoms with van der Waals surface area (Å²) in [5, 5.41) is 15.8. The van der Waals surface area contributed by atoms with Crippen molar-refractivity contribution in [2.75, 3.05) is 12.4 Å². The Hall–Kier alpha value is -3.95. The van der Waals surface area contributed by atoms with Gasteiger partial charge in [0.15, 0.2) is 6.10 Å². The molecule has 30 heavy (non-hydrogen) atoms. The molecule has 10 heteroatoms. The first kappa shape index (κ1) is 22.3. The van der Waals surface area contributed by atoms with Gasteiger partial charge in [-0.1, -0.05) is 6.07 Å². The normalized spacial score (nSPS) is 12.2. The van der Waals surface area contributed by atoms with Gasteiger partial charge in [-0.2, -0.15) is 0 Å². The molecule has 10 nitrogen and oxygen atoms in total. The molecule has 2 amide bonds. The van der Waals surface area contributed by atoms with Crippen molar-refractivity contribution in [3.63, 3.8) is 0 Å². The molecule has 0 unspecified atom stereocenters. The number of hydrogen-bond acceptors (Lipinski definition) is 7. The lowest BCUT2D eigenvalue weighted by Crippen LogP contribution is -2.42. The molecule has 0 heterocycles. The van der Waals surface area contributed by atoms with Gasteiger partial charge in [-0.05, 0) is 44.2 Å². The molecule has 2 rings (SSSR count). The highest BCUT2D eigenvalue weighted by atomic mass is 16.6. The van der Waals surface area contributed by atoms with Crippen LogP contribution >= 0.6 is 0 Å². The lowest BCUT2D eigenvalue weighted by Gasteiger charge is -2.17. The summed E-state index contributed by atoms with van der Waals surface area (Å²) in [7, 11) is 1.52. The van der Waals surface area contributed by atoms with Crippen LogP contribution in [0.15, 0.2) is 48.5 Å². The molecule has 2 aromatic carbocycles. The Balaban J connectivity index is 1.90. The van der Waals surface area contributed by atoms with E-state index in [9.17, 15) is 24.5 Å². The number of ether oxygens (including phenoxy) is 2. The molecule has 0 fully saturated rings. The second-order valence-electron chi connectivity index (χ2n) is 6.30. The van der Waals surface area contributed by atoms with E-state index in [4.69, 9.17) is 9.47 Å². The monoisotopic (exact) mass is 415 g/mol. The second kappa shape index (κ2) is 10.0. The van der Waals surface area contributed by atoms with Crippen LogP contribution in [-0.2, 0) is 14.3 Å². The van der Waals surface area contributed by atoms with Gasteiger partial charge in [-0.15, -0.1) is 0 Å². The van der Waals surface area contributed by atoms with E-state index in [1.807, 2.05) is 0 Å². The van der Waals surface area contributed by atoms with Gasteiger partial charge in [0.25, 0.3) is 17.5 Å². The molecule has 0 bridgehead atoms. The summed E-state index contributed by atoms with van der Waals surface area (Å²) in [6, 6.07) is 10.6. The fraction of sp³-hybridized carbons (Fsp3) is 0.250. The molecular weight excluding hydrogens is 394 g/mol. The predicted molar refractivity (Wildman–Crippen MR) is 107 cm³/mol. The Morgan fingerprint density at radius 2 is 1.73 bits per heavy atom. The zero-order valence-corrected chi connectivity index (χ0v) is 16.6. The van der Waals surface area contributed by atoms with Crippen LogP contribution in [-0.4, -0.2) is 42.0 Å². The van der Waals surface area contributed by atoms with Crippen LogP contribution in [0.5, 0.6) is 5.75 Å². The number of methoxy groups -OCH3 is 1. The minimum Gasteiger partial charge on any atom is -0.497 e. The second-order valence-corrected chi connectivity index (χ2v) is 6.30. The third kappa shape index (κ3) is 6.03. The van der Waals surface area contributed by atoms with Gasteiger partial charge in [0, 0.05) is 23.4 Å². The van der Waals surface area contributed by atoms with Gasteiger partial charge in [-0.25, -0.2) is 4.79 Å². The molecule has 158 valence electrons. The summed E-state index contributed by atoms with van der Waals surface area (Å²) < 4.78 is 10.1. The maximum atomic E-state index is 12.2. The van der Waals surface area contributed by atoms with E-state index in [1.165, 1.54) is 39.2 Å². The largest absolute Gasteiger partial charge is 0.497 e. The van der Waals surface area contributed by atoms with Gasteiger partial charge in [0.1, 0.15) is 11.8 Å². The van der Waals surface area contributed by atoms with Crippen molar-refractivity contribution in [1.29, 1.82) is 0 Å². The Labute approximate surface area is 172 Å². The fourth-order valence-electron chi connectivity index (χ4n) is 2.35. The van der Waals surface area contributed by atoms with Crippen molar-refractivity contribution in [3.05, 3.63) is 64.2 Å². The van der Waals surface area contributed by atoms with E-state index in [2.05, 4.69) is 10.6 Å². The van der Waals surface area contributed by atoms with E-state index in [-0.39, 0.29) is 11.3 Å². The van der Waals surface area contributed by atoms with Crippen molar-refractivity contribution in [3.8, 4) is 5.75 Å². The van der Waals surface area contributed by atoms with Crippen LogP contribution in [0.1, 0.15) is 24.2 Å². The highest BCUT2D eigenvalue weighted by molar-refractivity contribution is 5.98. The lowest BCUT2D eigenvalue weighted by molar-refractivity contribution is -0.384. The van der Waals surface area contributed by atoms with Crippen LogP contribution in [0, 0.1) is 10.1 Å². The Bertz CT molecular complexity index is 944. The molecule has 0 saturated heterocycles. The zero-order chi connectivity index (χ0) is 22.3. The predicted octanol–water partition coefficient (Wildman–Crippen LogP) is 2.29. The van der Waals surface area contributed by atoms with Crippen molar-refractivity contribution in [2.45, 2.75) is 26.0 Å². The smallest absolute Gasteiger partial charge is 0.329 e. The van der Waals surface area contributed by atoms with Crippen molar-refractivity contribution in [1.82, 2.24) is 5.32 Å². The minimum atomic E-state index is -1.11. The van der Waals surface area contributed by atoms with Crippen LogP contribution in [0.4, 0.5) is 11.4 Å². The number of esters is 1. The van der Waals surface area contributed by atoms with Gasteiger partial charge >= 0.3 is 5.97 Å². The molecule has 0 aliphatic rings. The highest BCUT2D eigenvalue weighted by Crippen LogP contribution is 2.16. The minimum absolute atomic E-state index is 0.0224. The molecule has 0 radical (unpaired) electrons. The van der Waals surface area contributed by atoms with Crippen molar-refractivity contribution in [2.24, 2.45) is 0 Å². The van der Waals surface area contributed by atoms with E-state index in [0.29, 0.717) is 11.4 Å². The molecule has 0 saturated carbocycles. The molecule has 2 aromatic rings. The highest BCUT2D eigenvalue weighted by Gasteiger charge is 2.24. The standard InChI is InChI=1S/C20H21N3O7/c1-12(21-19(25)14-5-4-6-16(11-14)23(27)28)20(26)30-13(2)18(24)22-15-7-9-17(29-3)10-8-15/h4-13H,1-3H3,(H,21,25)(H,22,24)/t12-,13+/m0/s1. The third-order valence-corrected chi connectivity index (χ3v) is 4.04. The number of nitro groups is 1. The molecular formula is C20H21N3O7. The molecule has 0 spiro atoms. The number of carbonyl (C=O) groups is 3. The number of amides is 2. The SMILES string of the molecule is COc1ccc(NC(=O)[C@@H](C)OC(=O)[C@H](C)NC(=O)c2cccc([N+](=O)[O-])c2)cc1.